The Kier molecular flexibility index (Phi) is 5.50. The summed E-state index contributed by atoms with van der Waals surface area (Å²) in [4.78, 5) is 21.3. The summed E-state index contributed by atoms with van der Waals surface area (Å²) in [7, 11) is 0. The van der Waals surface area contributed by atoms with Crippen LogP contribution >= 0.6 is 11.6 Å². The molecule has 1 N–H and O–H groups in total. The highest BCUT2D eigenvalue weighted by molar-refractivity contribution is 6.33. The fraction of sp³-hybridized carbons (Fsp3) is 0.333. The molecule has 4 rings (SSSR count). The molecule has 0 radical (unpaired) electrons. The van der Waals surface area contributed by atoms with Crippen molar-refractivity contribution in [2.45, 2.75) is 19.9 Å². The zero-order valence-electron chi connectivity index (χ0n) is 15.8. The number of carbonyl (C=O) groups excluding carboxylic acids is 1. The van der Waals surface area contributed by atoms with E-state index in [-0.39, 0.29) is 6.03 Å². The van der Waals surface area contributed by atoms with E-state index >= 15 is 0 Å². The van der Waals surface area contributed by atoms with Gasteiger partial charge in [0, 0.05) is 26.2 Å². The van der Waals surface area contributed by atoms with Crippen molar-refractivity contribution in [2.75, 3.05) is 31.5 Å². The van der Waals surface area contributed by atoms with E-state index in [4.69, 9.17) is 16.0 Å². The molecule has 1 fully saturated rings. The Bertz CT molecular complexity index is 987. The molecule has 0 spiro atoms. The number of halogens is 1. The monoisotopic (exact) mass is 398 g/mol. The van der Waals surface area contributed by atoms with Gasteiger partial charge in [0.25, 0.3) is 0 Å². The molecule has 2 amide bonds. The maximum absolute atomic E-state index is 12.6. The average molecular weight is 399 g/mol. The number of rotatable bonds is 3. The van der Waals surface area contributed by atoms with Crippen molar-refractivity contribution in [3.63, 3.8) is 0 Å². The van der Waals surface area contributed by atoms with Gasteiger partial charge in [-0.25, -0.2) is 9.78 Å². The molecule has 6 nitrogen and oxygen atoms in total. The van der Waals surface area contributed by atoms with Crippen LogP contribution < -0.4 is 5.32 Å². The topological polar surface area (TPSA) is 61.6 Å². The number of benzene rings is 2. The van der Waals surface area contributed by atoms with Crippen LogP contribution in [-0.4, -0.2) is 47.0 Å². The number of oxazole rings is 1. The number of aromatic nitrogens is 1. The van der Waals surface area contributed by atoms with E-state index in [1.807, 2.05) is 42.2 Å². The third-order valence-electron chi connectivity index (χ3n) is 4.94. The van der Waals surface area contributed by atoms with Crippen molar-refractivity contribution in [1.82, 2.24) is 14.8 Å². The van der Waals surface area contributed by atoms with Gasteiger partial charge in [-0.2, -0.15) is 0 Å². The summed E-state index contributed by atoms with van der Waals surface area (Å²) in [6.07, 6.45) is 0.898. The van der Waals surface area contributed by atoms with Gasteiger partial charge >= 0.3 is 6.03 Å². The summed E-state index contributed by atoms with van der Waals surface area (Å²) in [6.45, 7) is 5.72. The minimum absolute atomic E-state index is 0.118. The molecule has 0 aliphatic carbocycles. The van der Waals surface area contributed by atoms with Crippen LogP contribution in [0, 0.1) is 6.92 Å². The molecule has 1 aromatic heterocycles. The second-order valence-electron chi connectivity index (χ2n) is 7.11. The van der Waals surface area contributed by atoms with E-state index in [2.05, 4.69) is 15.2 Å². The number of amides is 2. The number of fused-ring (bicyclic) bond motifs is 1. The highest BCUT2D eigenvalue weighted by atomic mass is 35.5. The van der Waals surface area contributed by atoms with Crippen molar-refractivity contribution in [2.24, 2.45) is 0 Å². The number of para-hydroxylation sites is 1. The highest BCUT2D eigenvalue weighted by Gasteiger charge is 2.21. The normalized spacial score (nSPS) is 15.6. The predicted octanol–water partition coefficient (Wildman–Crippen LogP) is 4.53. The Morgan fingerprint density at radius 1 is 1.18 bits per heavy atom. The summed E-state index contributed by atoms with van der Waals surface area (Å²) in [6, 6.07) is 13.2. The van der Waals surface area contributed by atoms with Gasteiger partial charge in [0.05, 0.1) is 17.3 Å². The summed E-state index contributed by atoms with van der Waals surface area (Å²) < 4.78 is 5.87. The minimum atomic E-state index is -0.118. The standard InChI is InChI=1S/C21H23ClN4O2/c1-15-7-8-19-18(13-15)23-20(28-19)14-25-9-4-10-26(12-11-25)21(27)24-17-6-3-2-5-16(17)22/h2-3,5-8,13H,4,9-12,14H2,1H3,(H,24,27). The second-order valence-corrected chi connectivity index (χ2v) is 7.51. The summed E-state index contributed by atoms with van der Waals surface area (Å²) in [5, 5.41) is 3.44. The molecule has 1 aliphatic heterocycles. The van der Waals surface area contributed by atoms with Gasteiger partial charge in [-0.15, -0.1) is 0 Å². The van der Waals surface area contributed by atoms with Crippen molar-refractivity contribution < 1.29 is 9.21 Å². The van der Waals surface area contributed by atoms with E-state index in [0.717, 1.165) is 36.5 Å². The quantitative estimate of drug-likeness (QED) is 0.704. The van der Waals surface area contributed by atoms with E-state index in [0.29, 0.717) is 30.3 Å². The summed E-state index contributed by atoms with van der Waals surface area (Å²) in [5.74, 6) is 0.717. The highest BCUT2D eigenvalue weighted by Crippen LogP contribution is 2.21. The lowest BCUT2D eigenvalue weighted by Crippen LogP contribution is -2.38. The Morgan fingerprint density at radius 3 is 2.89 bits per heavy atom. The fourth-order valence-electron chi connectivity index (χ4n) is 3.43. The molecule has 0 saturated carbocycles. The van der Waals surface area contributed by atoms with Crippen LogP contribution in [0.1, 0.15) is 17.9 Å². The first kappa shape index (κ1) is 18.8. The summed E-state index contributed by atoms with van der Waals surface area (Å²) in [5.41, 5.74) is 3.51. The van der Waals surface area contributed by atoms with Crippen LogP contribution in [0.5, 0.6) is 0 Å². The molecule has 1 saturated heterocycles. The minimum Gasteiger partial charge on any atom is -0.439 e. The smallest absolute Gasteiger partial charge is 0.321 e. The van der Waals surface area contributed by atoms with Gasteiger partial charge in [-0.3, -0.25) is 4.90 Å². The predicted molar refractivity (Wildman–Crippen MR) is 111 cm³/mol. The lowest BCUT2D eigenvalue weighted by atomic mass is 10.2. The van der Waals surface area contributed by atoms with E-state index in [9.17, 15) is 4.79 Å². The molecule has 146 valence electrons. The molecular formula is C21H23ClN4O2. The molecule has 0 atom stereocenters. The van der Waals surface area contributed by atoms with Gasteiger partial charge in [0.2, 0.25) is 5.89 Å². The van der Waals surface area contributed by atoms with Crippen molar-refractivity contribution in [3.8, 4) is 0 Å². The van der Waals surface area contributed by atoms with Gasteiger partial charge in [-0.1, -0.05) is 29.8 Å². The van der Waals surface area contributed by atoms with Gasteiger partial charge in [0.1, 0.15) is 5.52 Å². The zero-order valence-corrected chi connectivity index (χ0v) is 16.6. The molecular weight excluding hydrogens is 376 g/mol. The van der Waals surface area contributed by atoms with Crippen LogP contribution in [0.15, 0.2) is 46.9 Å². The first-order chi connectivity index (χ1) is 13.6. The van der Waals surface area contributed by atoms with Crippen LogP contribution in [0.4, 0.5) is 10.5 Å². The number of hydrogen-bond donors (Lipinski definition) is 1. The lowest BCUT2D eigenvalue weighted by molar-refractivity contribution is 0.209. The molecule has 0 unspecified atom stereocenters. The maximum atomic E-state index is 12.6. The number of hydrogen-bond acceptors (Lipinski definition) is 4. The third kappa shape index (κ3) is 4.29. The second kappa shape index (κ2) is 8.20. The number of anilines is 1. The van der Waals surface area contributed by atoms with E-state index < -0.39 is 0 Å². The van der Waals surface area contributed by atoms with Crippen molar-refractivity contribution >= 4 is 34.4 Å². The Labute approximate surface area is 169 Å². The van der Waals surface area contributed by atoms with Gasteiger partial charge in [-0.05, 0) is 43.2 Å². The molecule has 0 bridgehead atoms. The Balaban J connectivity index is 1.36. The molecule has 2 heterocycles. The van der Waals surface area contributed by atoms with Crippen LogP contribution in [-0.2, 0) is 6.54 Å². The average Bonchev–Trinajstić information content (AvgIpc) is 2.91. The molecule has 28 heavy (non-hydrogen) atoms. The molecule has 3 aromatic rings. The van der Waals surface area contributed by atoms with E-state index in [1.165, 1.54) is 5.56 Å². The van der Waals surface area contributed by atoms with Crippen LogP contribution in [0.2, 0.25) is 5.02 Å². The van der Waals surface area contributed by atoms with Gasteiger partial charge in [0.15, 0.2) is 5.58 Å². The molecule has 2 aromatic carbocycles. The van der Waals surface area contributed by atoms with E-state index in [1.54, 1.807) is 12.1 Å². The zero-order chi connectivity index (χ0) is 19.5. The number of aryl methyl sites for hydroxylation is 1. The Morgan fingerprint density at radius 2 is 2.04 bits per heavy atom. The third-order valence-corrected chi connectivity index (χ3v) is 5.27. The fourth-order valence-corrected chi connectivity index (χ4v) is 3.62. The number of carbonyl (C=O) groups is 1. The number of nitrogens with one attached hydrogen (secondary N) is 1. The largest absolute Gasteiger partial charge is 0.439 e. The molecule has 1 aliphatic rings. The first-order valence-electron chi connectivity index (χ1n) is 9.47. The van der Waals surface area contributed by atoms with Crippen molar-refractivity contribution in [1.29, 1.82) is 0 Å². The maximum Gasteiger partial charge on any atom is 0.321 e. The summed E-state index contributed by atoms with van der Waals surface area (Å²) >= 11 is 6.14. The number of urea groups is 1. The van der Waals surface area contributed by atoms with Crippen LogP contribution in [0.3, 0.4) is 0 Å². The Hall–Kier alpha value is -2.57. The SMILES string of the molecule is Cc1ccc2oc(CN3CCCN(C(=O)Nc4ccccc4Cl)CC3)nc2c1. The molecule has 7 heteroatoms. The lowest BCUT2D eigenvalue weighted by Gasteiger charge is -2.22. The number of nitrogens with zero attached hydrogens (tertiary/aromatic N) is 3. The van der Waals surface area contributed by atoms with Crippen LogP contribution in [0.25, 0.3) is 11.1 Å². The van der Waals surface area contributed by atoms with Crippen molar-refractivity contribution in [3.05, 3.63) is 58.9 Å². The van der Waals surface area contributed by atoms with Gasteiger partial charge < -0.3 is 14.6 Å². The first-order valence-corrected chi connectivity index (χ1v) is 9.85.